The van der Waals surface area contributed by atoms with Crippen molar-refractivity contribution in [1.82, 2.24) is 0 Å². The smallest absolute Gasteiger partial charge is 0.0145 e. The molecule has 0 spiro atoms. The quantitative estimate of drug-likeness (QED) is 0.512. The van der Waals surface area contributed by atoms with Crippen LogP contribution in [0.15, 0.2) is 48.5 Å². The molecule has 0 amide bonds. The number of hydrogen-bond acceptors (Lipinski definition) is 0. The molecule has 0 radical (unpaired) electrons. The summed E-state index contributed by atoms with van der Waals surface area (Å²) < 4.78 is 0. The molecule has 0 aromatic heterocycles. The standard InChI is InChI=1S/C19H20/c1-4-14-9-17(13(2)3)11-18-10-15-7-5-6-8-16(15)12-19(14)18/h5-13H,4H2,1-3H3. The molecule has 0 aliphatic heterocycles. The third-order valence-corrected chi connectivity index (χ3v) is 3.97. The molecule has 0 bridgehead atoms. The fraction of sp³-hybridized carbons (Fsp3) is 0.263. The Labute approximate surface area is 115 Å². The Kier molecular flexibility index (Phi) is 3.02. The molecule has 0 heterocycles. The molecular weight excluding hydrogens is 228 g/mol. The van der Waals surface area contributed by atoms with Crippen LogP contribution in [-0.2, 0) is 6.42 Å². The van der Waals surface area contributed by atoms with Crippen LogP contribution in [0.3, 0.4) is 0 Å². The summed E-state index contributed by atoms with van der Waals surface area (Å²) in [5.41, 5.74) is 2.91. The van der Waals surface area contributed by atoms with Crippen LogP contribution in [0.4, 0.5) is 0 Å². The highest BCUT2D eigenvalue weighted by Crippen LogP contribution is 2.29. The molecule has 0 aliphatic carbocycles. The Balaban J connectivity index is 2.39. The largest absolute Gasteiger partial charge is 0.0616 e. The number of aryl methyl sites for hydroxylation is 1. The topological polar surface area (TPSA) is 0 Å². The highest BCUT2D eigenvalue weighted by atomic mass is 14.1. The van der Waals surface area contributed by atoms with Crippen LogP contribution in [0.2, 0.25) is 0 Å². The molecule has 0 heteroatoms. The zero-order valence-corrected chi connectivity index (χ0v) is 11.9. The van der Waals surface area contributed by atoms with Crippen molar-refractivity contribution in [1.29, 1.82) is 0 Å². The summed E-state index contributed by atoms with van der Waals surface area (Å²) in [6, 6.07) is 18.0. The minimum Gasteiger partial charge on any atom is -0.0616 e. The van der Waals surface area contributed by atoms with E-state index < -0.39 is 0 Å². The Morgan fingerprint density at radius 2 is 1.53 bits per heavy atom. The van der Waals surface area contributed by atoms with Gasteiger partial charge in [-0.15, -0.1) is 0 Å². The predicted molar refractivity (Wildman–Crippen MR) is 84.9 cm³/mol. The van der Waals surface area contributed by atoms with Gasteiger partial charge in [0.1, 0.15) is 0 Å². The van der Waals surface area contributed by atoms with Crippen molar-refractivity contribution in [2.45, 2.75) is 33.1 Å². The van der Waals surface area contributed by atoms with E-state index in [1.807, 2.05) is 0 Å². The maximum atomic E-state index is 2.38. The predicted octanol–water partition coefficient (Wildman–Crippen LogP) is 5.68. The molecule has 0 unspecified atom stereocenters. The van der Waals surface area contributed by atoms with E-state index in [1.165, 1.54) is 32.7 Å². The van der Waals surface area contributed by atoms with Gasteiger partial charge >= 0.3 is 0 Å². The Morgan fingerprint density at radius 1 is 0.842 bits per heavy atom. The van der Waals surface area contributed by atoms with E-state index in [-0.39, 0.29) is 0 Å². The monoisotopic (exact) mass is 248 g/mol. The van der Waals surface area contributed by atoms with Crippen molar-refractivity contribution >= 4 is 21.5 Å². The van der Waals surface area contributed by atoms with Gasteiger partial charge in [-0.1, -0.05) is 57.2 Å². The van der Waals surface area contributed by atoms with Crippen LogP contribution in [0.25, 0.3) is 21.5 Å². The number of rotatable bonds is 2. The summed E-state index contributed by atoms with van der Waals surface area (Å²) in [5.74, 6) is 0.584. The highest BCUT2D eigenvalue weighted by molar-refractivity contribution is 5.99. The number of benzene rings is 3. The van der Waals surface area contributed by atoms with Gasteiger partial charge in [-0.05, 0) is 57.1 Å². The van der Waals surface area contributed by atoms with E-state index in [1.54, 1.807) is 0 Å². The van der Waals surface area contributed by atoms with Crippen LogP contribution < -0.4 is 0 Å². The summed E-state index contributed by atoms with van der Waals surface area (Å²) in [6.45, 7) is 6.78. The van der Waals surface area contributed by atoms with E-state index in [9.17, 15) is 0 Å². The molecule has 0 saturated carbocycles. The van der Waals surface area contributed by atoms with E-state index in [0.717, 1.165) is 6.42 Å². The van der Waals surface area contributed by atoms with Crippen molar-refractivity contribution in [2.24, 2.45) is 0 Å². The van der Waals surface area contributed by atoms with Crippen molar-refractivity contribution in [3.63, 3.8) is 0 Å². The Hall–Kier alpha value is -1.82. The first-order valence-corrected chi connectivity index (χ1v) is 7.14. The van der Waals surface area contributed by atoms with Crippen LogP contribution in [0, 0.1) is 0 Å². The first kappa shape index (κ1) is 12.2. The summed E-state index contributed by atoms with van der Waals surface area (Å²) >= 11 is 0. The lowest BCUT2D eigenvalue weighted by molar-refractivity contribution is 0.865. The first-order chi connectivity index (χ1) is 9.19. The summed E-state index contributed by atoms with van der Waals surface area (Å²) in [7, 11) is 0. The van der Waals surface area contributed by atoms with Crippen LogP contribution in [-0.4, -0.2) is 0 Å². The molecule has 0 nitrogen and oxygen atoms in total. The molecule has 3 aromatic carbocycles. The maximum Gasteiger partial charge on any atom is -0.0145 e. The molecule has 0 saturated heterocycles. The molecule has 0 atom stereocenters. The number of hydrogen-bond donors (Lipinski definition) is 0. The average molecular weight is 248 g/mol. The van der Waals surface area contributed by atoms with Gasteiger partial charge in [0.2, 0.25) is 0 Å². The van der Waals surface area contributed by atoms with Gasteiger partial charge < -0.3 is 0 Å². The number of fused-ring (bicyclic) bond motifs is 2. The minimum absolute atomic E-state index is 0.584. The second-order valence-electron chi connectivity index (χ2n) is 5.61. The van der Waals surface area contributed by atoms with Gasteiger partial charge in [0, 0.05) is 0 Å². The summed E-state index contributed by atoms with van der Waals surface area (Å²) in [6.07, 6.45) is 1.09. The minimum atomic E-state index is 0.584. The fourth-order valence-corrected chi connectivity index (χ4v) is 2.78. The lowest BCUT2D eigenvalue weighted by atomic mass is 9.92. The SMILES string of the molecule is CCc1cc(C(C)C)cc2cc3ccccc3cc12. The van der Waals surface area contributed by atoms with E-state index in [0.29, 0.717) is 5.92 Å². The molecule has 96 valence electrons. The van der Waals surface area contributed by atoms with Crippen molar-refractivity contribution in [2.75, 3.05) is 0 Å². The fourth-order valence-electron chi connectivity index (χ4n) is 2.78. The van der Waals surface area contributed by atoms with E-state index >= 15 is 0 Å². The van der Waals surface area contributed by atoms with Gasteiger partial charge in [0.25, 0.3) is 0 Å². The third-order valence-electron chi connectivity index (χ3n) is 3.97. The van der Waals surface area contributed by atoms with Gasteiger partial charge in [-0.2, -0.15) is 0 Å². The molecule has 19 heavy (non-hydrogen) atoms. The highest BCUT2D eigenvalue weighted by Gasteiger charge is 2.07. The molecule has 0 fully saturated rings. The molecule has 3 aromatic rings. The maximum absolute atomic E-state index is 2.38. The zero-order valence-electron chi connectivity index (χ0n) is 11.9. The van der Waals surface area contributed by atoms with Crippen LogP contribution >= 0.6 is 0 Å². The third kappa shape index (κ3) is 2.12. The van der Waals surface area contributed by atoms with Gasteiger partial charge in [0.05, 0.1) is 0 Å². The first-order valence-electron chi connectivity index (χ1n) is 7.14. The summed E-state index contributed by atoms with van der Waals surface area (Å²) in [4.78, 5) is 0. The average Bonchev–Trinajstić information content (AvgIpc) is 2.43. The van der Waals surface area contributed by atoms with E-state index in [2.05, 4.69) is 69.3 Å². The second-order valence-corrected chi connectivity index (χ2v) is 5.61. The van der Waals surface area contributed by atoms with Crippen molar-refractivity contribution in [3.05, 3.63) is 59.7 Å². The summed E-state index contributed by atoms with van der Waals surface area (Å²) in [5, 5.41) is 5.45. The Morgan fingerprint density at radius 3 is 2.16 bits per heavy atom. The lowest BCUT2D eigenvalue weighted by Gasteiger charge is -2.12. The zero-order chi connectivity index (χ0) is 13.4. The van der Waals surface area contributed by atoms with Gasteiger partial charge in [0.15, 0.2) is 0 Å². The second kappa shape index (κ2) is 4.70. The molecule has 0 aliphatic rings. The molecular formula is C19H20. The van der Waals surface area contributed by atoms with Gasteiger partial charge in [-0.25, -0.2) is 0 Å². The lowest BCUT2D eigenvalue weighted by Crippen LogP contribution is -1.92. The normalized spacial score (nSPS) is 11.6. The molecule has 3 rings (SSSR count). The Bertz CT molecular complexity index is 735. The van der Waals surface area contributed by atoms with E-state index in [4.69, 9.17) is 0 Å². The molecule has 0 N–H and O–H groups in total. The van der Waals surface area contributed by atoms with Crippen LogP contribution in [0.1, 0.15) is 37.8 Å². The van der Waals surface area contributed by atoms with Crippen LogP contribution in [0.5, 0.6) is 0 Å². The van der Waals surface area contributed by atoms with Gasteiger partial charge in [-0.3, -0.25) is 0 Å². The van der Waals surface area contributed by atoms with Crippen molar-refractivity contribution in [3.8, 4) is 0 Å². The van der Waals surface area contributed by atoms with Crippen molar-refractivity contribution < 1.29 is 0 Å².